The maximum absolute atomic E-state index is 11.4. The first-order valence-corrected chi connectivity index (χ1v) is 8.19. The molecule has 1 aromatic heterocycles. The molecule has 0 saturated carbocycles. The fourth-order valence-corrected chi connectivity index (χ4v) is 2.72. The van der Waals surface area contributed by atoms with E-state index in [4.69, 9.17) is 13.9 Å². The van der Waals surface area contributed by atoms with E-state index in [1.165, 1.54) is 6.07 Å². The minimum atomic E-state index is -1.03. The van der Waals surface area contributed by atoms with E-state index < -0.39 is 5.97 Å². The zero-order valence-corrected chi connectivity index (χ0v) is 14.4. The number of benzene rings is 3. The van der Waals surface area contributed by atoms with Gasteiger partial charge in [-0.15, -0.1) is 0 Å². The third-order valence-corrected chi connectivity index (χ3v) is 4.04. The highest BCUT2D eigenvalue weighted by Crippen LogP contribution is 2.31. The maximum atomic E-state index is 11.4. The lowest BCUT2D eigenvalue weighted by Crippen LogP contribution is -1.98. The number of hydrogen-bond donors (Lipinski definition) is 1. The van der Waals surface area contributed by atoms with Crippen LogP contribution in [-0.2, 0) is 0 Å². The van der Waals surface area contributed by atoms with E-state index in [0.717, 1.165) is 5.75 Å². The van der Waals surface area contributed by atoms with Crippen molar-refractivity contribution >= 4 is 17.1 Å². The number of methoxy groups -OCH3 is 1. The highest BCUT2D eigenvalue weighted by Gasteiger charge is 2.16. The van der Waals surface area contributed by atoms with Gasteiger partial charge in [-0.2, -0.15) is 0 Å². The van der Waals surface area contributed by atoms with Crippen molar-refractivity contribution < 1.29 is 23.8 Å². The van der Waals surface area contributed by atoms with Gasteiger partial charge in [0.15, 0.2) is 5.58 Å². The van der Waals surface area contributed by atoms with Crippen LogP contribution in [0.25, 0.3) is 22.6 Å². The molecule has 27 heavy (non-hydrogen) atoms. The first-order valence-electron chi connectivity index (χ1n) is 8.19. The number of carboxylic acids is 1. The van der Waals surface area contributed by atoms with Gasteiger partial charge in [0, 0.05) is 6.07 Å². The molecule has 0 aliphatic heterocycles. The number of hydrogen-bond acceptors (Lipinski definition) is 5. The number of oxazole rings is 1. The van der Waals surface area contributed by atoms with Gasteiger partial charge < -0.3 is 19.0 Å². The van der Waals surface area contributed by atoms with Gasteiger partial charge in [0.25, 0.3) is 0 Å². The first kappa shape index (κ1) is 16.7. The largest absolute Gasteiger partial charge is 0.497 e. The van der Waals surface area contributed by atoms with E-state index >= 15 is 0 Å². The summed E-state index contributed by atoms with van der Waals surface area (Å²) in [5, 5.41) is 9.35. The maximum Gasteiger partial charge on any atom is 0.336 e. The van der Waals surface area contributed by atoms with Gasteiger partial charge in [-0.05, 0) is 48.5 Å². The van der Waals surface area contributed by atoms with Crippen molar-refractivity contribution in [1.29, 1.82) is 0 Å². The van der Waals surface area contributed by atoms with Gasteiger partial charge in [0.1, 0.15) is 22.8 Å². The average Bonchev–Trinajstić information content (AvgIpc) is 3.12. The minimum absolute atomic E-state index is 0.138. The van der Waals surface area contributed by atoms with Crippen LogP contribution in [0.3, 0.4) is 0 Å². The number of ether oxygens (including phenoxy) is 2. The molecule has 0 radical (unpaired) electrons. The Labute approximate surface area is 154 Å². The number of aromatic nitrogens is 1. The van der Waals surface area contributed by atoms with E-state index in [1.54, 1.807) is 55.6 Å². The summed E-state index contributed by atoms with van der Waals surface area (Å²) in [6.45, 7) is 0. The molecule has 0 spiro atoms. The van der Waals surface area contributed by atoms with Crippen LogP contribution in [0.5, 0.6) is 17.2 Å². The van der Waals surface area contributed by atoms with Crippen LogP contribution in [0.4, 0.5) is 0 Å². The van der Waals surface area contributed by atoms with Crippen LogP contribution < -0.4 is 9.47 Å². The van der Waals surface area contributed by atoms with E-state index in [9.17, 15) is 9.90 Å². The monoisotopic (exact) mass is 361 g/mol. The van der Waals surface area contributed by atoms with E-state index in [-0.39, 0.29) is 11.5 Å². The van der Waals surface area contributed by atoms with Crippen LogP contribution in [0.1, 0.15) is 10.4 Å². The molecule has 1 heterocycles. The standard InChI is InChI=1S/C21H15NO5/c1-25-13-6-8-14(9-7-13)26-15-10-11-18-19(12-15)27-20(22-18)16-4-2-3-5-17(16)21(23)24/h2-12H,1H3,(H,23,24). The Morgan fingerprint density at radius 3 is 2.41 bits per heavy atom. The smallest absolute Gasteiger partial charge is 0.336 e. The van der Waals surface area contributed by atoms with Crippen LogP contribution >= 0.6 is 0 Å². The summed E-state index contributed by atoms with van der Waals surface area (Å²) < 4.78 is 16.7. The van der Waals surface area contributed by atoms with Crippen molar-refractivity contribution in [2.24, 2.45) is 0 Å². The zero-order chi connectivity index (χ0) is 18.8. The molecule has 3 aromatic carbocycles. The third kappa shape index (κ3) is 3.32. The highest BCUT2D eigenvalue weighted by atomic mass is 16.5. The molecule has 6 heteroatoms. The van der Waals surface area contributed by atoms with Gasteiger partial charge in [-0.1, -0.05) is 12.1 Å². The summed E-state index contributed by atoms with van der Waals surface area (Å²) in [4.78, 5) is 15.8. The molecule has 0 saturated heterocycles. The van der Waals surface area contributed by atoms with E-state index in [1.807, 2.05) is 12.1 Å². The van der Waals surface area contributed by atoms with Crippen molar-refractivity contribution in [3.05, 3.63) is 72.3 Å². The molecule has 4 aromatic rings. The number of fused-ring (bicyclic) bond motifs is 1. The molecule has 0 fully saturated rings. The minimum Gasteiger partial charge on any atom is -0.497 e. The highest BCUT2D eigenvalue weighted by molar-refractivity contribution is 5.95. The SMILES string of the molecule is COc1ccc(Oc2ccc3nc(-c4ccccc4C(=O)O)oc3c2)cc1. The fourth-order valence-electron chi connectivity index (χ4n) is 2.72. The Morgan fingerprint density at radius 1 is 0.963 bits per heavy atom. The number of carboxylic acid groups (broad SMARTS) is 1. The summed E-state index contributed by atoms with van der Waals surface area (Å²) in [5.41, 5.74) is 1.70. The second kappa shape index (κ2) is 6.84. The van der Waals surface area contributed by atoms with Crippen molar-refractivity contribution in [3.8, 4) is 28.7 Å². The molecule has 0 amide bonds. The van der Waals surface area contributed by atoms with Crippen LogP contribution in [0, 0.1) is 0 Å². The van der Waals surface area contributed by atoms with Gasteiger partial charge in [-0.25, -0.2) is 9.78 Å². The van der Waals surface area contributed by atoms with Gasteiger partial charge in [-0.3, -0.25) is 0 Å². The summed E-state index contributed by atoms with van der Waals surface area (Å²) in [5.74, 6) is 1.21. The molecule has 134 valence electrons. The van der Waals surface area contributed by atoms with Gasteiger partial charge in [0.2, 0.25) is 5.89 Å². The lowest BCUT2D eigenvalue weighted by atomic mass is 10.1. The summed E-state index contributed by atoms with van der Waals surface area (Å²) in [6.07, 6.45) is 0. The molecule has 6 nitrogen and oxygen atoms in total. The van der Waals surface area contributed by atoms with Crippen LogP contribution in [0.2, 0.25) is 0 Å². The number of rotatable bonds is 5. The number of nitrogens with zero attached hydrogens (tertiary/aromatic N) is 1. The second-order valence-electron chi connectivity index (χ2n) is 5.78. The molecule has 0 bridgehead atoms. The molecular formula is C21H15NO5. The molecule has 0 aliphatic rings. The Hall–Kier alpha value is -3.80. The Balaban J connectivity index is 1.67. The van der Waals surface area contributed by atoms with Crippen molar-refractivity contribution in [2.75, 3.05) is 7.11 Å². The van der Waals surface area contributed by atoms with Crippen LogP contribution in [-0.4, -0.2) is 23.2 Å². The lowest BCUT2D eigenvalue weighted by Gasteiger charge is -2.06. The summed E-state index contributed by atoms with van der Waals surface area (Å²) in [6, 6.07) is 19.1. The molecule has 1 N–H and O–H groups in total. The molecule has 4 rings (SSSR count). The van der Waals surface area contributed by atoms with Crippen LogP contribution in [0.15, 0.2) is 71.1 Å². The van der Waals surface area contributed by atoms with Crippen molar-refractivity contribution in [1.82, 2.24) is 4.98 Å². The molecule has 0 atom stereocenters. The van der Waals surface area contributed by atoms with E-state index in [2.05, 4.69) is 4.98 Å². The molecular weight excluding hydrogens is 346 g/mol. The average molecular weight is 361 g/mol. The van der Waals surface area contributed by atoms with Gasteiger partial charge >= 0.3 is 5.97 Å². The fraction of sp³-hybridized carbons (Fsp3) is 0.0476. The Kier molecular flexibility index (Phi) is 4.22. The van der Waals surface area contributed by atoms with Crippen molar-refractivity contribution in [3.63, 3.8) is 0 Å². The predicted molar refractivity (Wildman–Crippen MR) is 99.5 cm³/mol. The predicted octanol–water partition coefficient (Wildman–Crippen LogP) is 4.99. The quantitative estimate of drug-likeness (QED) is 0.539. The third-order valence-electron chi connectivity index (χ3n) is 4.04. The first-order chi connectivity index (χ1) is 13.1. The van der Waals surface area contributed by atoms with Crippen molar-refractivity contribution in [2.45, 2.75) is 0 Å². The lowest BCUT2D eigenvalue weighted by molar-refractivity contribution is 0.0697. The topological polar surface area (TPSA) is 81.8 Å². The summed E-state index contributed by atoms with van der Waals surface area (Å²) >= 11 is 0. The van der Waals surface area contributed by atoms with E-state index in [0.29, 0.717) is 28.2 Å². The summed E-state index contributed by atoms with van der Waals surface area (Å²) in [7, 11) is 1.60. The number of carbonyl (C=O) groups is 1. The Morgan fingerprint density at radius 2 is 1.67 bits per heavy atom. The Bertz CT molecular complexity index is 1120. The normalized spacial score (nSPS) is 10.7. The zero-order valence-electron chi connectivity index (χ0n) is 14.4. The molecule has 0 unspecified atom stereocenters. The second-order valence-corrected chi connectivity index (χ2v) is 5.78. The molecule has 0 aliphatic carbocycles. The van der Waals surface area contributed by atoms with Gasteiger partial charge in [0.05, 0.1) is 18.2 Å². The number of aromatic carboxylic acids is 1.